The Morgan fingerprint density at radius 3 is 2.10 bits per heavy atom. The summed E-state index contributed by atoms with van der Waals surface area (Å²) in [5, 5.41) is 3.29. The van der Waals surface area contributed by atoms with Crippen LogP contribution in [-0.2, 0) is 0 Å². The van der Waals surface area contributed by atoms with Gasteiger partial charge in [0.05, 0.1) is 6.04 Å². The minimum absolute atomic E-state index is 0.0566. The SMILES string of the molecule is CNC(c1ccc(-c2ccccc2)cc1)c1ccc(Br)o1. The number of furan rings is 1. The number of hydrogen-bond donors (Lipinski definition) is 1. The second-order valence-electron chi connectivity index (χ2n) is 4.85. The van der Waals surface area contributed by atoms with Crippen LogP contribution in [0, 0.1) is 0 Å². The maximum Gasteiger partial charge on any atom is 0.169 e. The van der Waals surface area contributed by atoms with Gasteiger partial charge in [0.2, 0.25) is 0 Å². The molecule has 3 aromatic rings. The predicted octanol–water partition coefficient (Wildman–Crippen LogP) is 5.02. The molecule has 3 rings (SSSR count). The summed E-state index contributed by atoms with van der Waals surface area (Å²) < 4.78 is 6.41. The highest BCUT2D eigenvalue weighted by molar-refractivity contribution is 9.10. The van der Waals surface area contributed by atoms with Crippen molar-refractivity contribution in [2.24, 2.45) is 0 Å². The molecule has 1 aromatic heterocycles. The third kappa shape index (κ3) is 3.09. The molecule has 1 atom stereocenters. The number of hydrogen-bond acceptors (Lipinski definition) is 2. The van der Waals surface area contributed by atoms with E-state index in [2.05, 4.69) is 69.8 Å². The zero-order chi connectivity index (χ0) is 14.7. The molecule has 0 amide bonds. The lowest BCUT2D eigenvalue weighted by atomic mass is 10.00. The van der Waals surface area contributed by atoms with Crippen LogP contribution in [0.3, 0.4) is 0 Å². The van der Waals surface area contributed by atoms with Gasteiger partial charge in [-0.3, -0.25) is 0 Å². The topological polar surface area (TPSA) is 25.2 Å². The zero-order valence-electron chi connectivity index (χ0n) is 11.7. The Labute approximate surface area is 132 Å². The monoisotopic (exact) mass is 341 g/mol. The molecule has 1 unspecified atom stereocenters. The van der Waals surface area contributed by atoms with Crippen LogP contribution >= 0.6 is 15.9 Å². The molecule has 0 radical (unpaired) electrons. The van der Waals surface area contributed by atoms with Crippen LogP contribution in [0.1, 0.15) is 17.4 Å². The van der Waals surface area contributed by atoms with Gasteiger partial charge in [-0.2, -0.15) is 0 Å². The summed E-state index contributed by atoms with van der Waals surface area (Å²) >= 11 is 3.35. The summed E-state index contributed by atoms with van der Waals surface area (Å²) in [4.78, 5) is 0. The third-order valence-corrected chi connectivity index (χ3v) is 3.94. The summed E-state index contributed by atoms with van der Waals surface area (Å²) in [7, 11) is 1.94. The van der Waals surface area contributed by atoms with E-state index in [0.717, 1.165) is 10.4 Å². The fourth-order valence-electron chi connectivity index (χ4n) is 2.46. The van der Waals surface area contributed by atoms with E-state index in [4.69, 9.17) is 4.42 Å². The first-order chi connectivity index (χ1) is 10.3. The highest BCUT2D eigenvalue weighted by Gasteiger charge is 2.15. The lowest BCUT2D eigenvalue weighted by Gasteiger charge is -2.14. The van der Waals surface area contributed by atoms with E-state index in [0.29, 0.717) is 0 Å². The van der Waals surface area contributed by atoms with Crippen LogP contribution in [0.5, 0.6) is 0 Å². The van der Waals surface area contributed by atoms with Crippen molar-refractivity contribution in [1.82, 2.24) is 5.32 Å². The van der Waals surface area contributed by atoms with Crippen molar-refractivity contribution in [1.29, 1.82) is 0 Å². The van der Waals surface area contributed by atoms with Gasteiger partial charge < -0.3 is 9.73 Å². The summed E-state index contributed by atoms with van der Waals surface area (Å²) in [6.45, 7) is 0. The van der Waals surface area contributed by atoms with Crippen molar-refractivity contribution in [3.63, 3.8) is 0 Å². The van der Waals surface area contributed by atoms with Crippen molar-refractivity contribution in [3.8, 4) is 11.1 Å². The predicted molar refractivity (Wildman–Crippen MR) is 89.2 cm³/mol. The Hall–Kier alpha value is -1.84. The molecular weight excluding hydrogens is 326 g/mol. The minimum atomic E-state index is 0.0566. The average Bonchev–Trinajstić information content (AvgIpc) is 2.96. The Bertz CT molecular complexity index is 704. The molecule has 0 saturated carbocycles. The van der Waals surface area contributed by atoms with E-state index in [1.165, 1.54) is 16.7 Å². The molecule has 0 aliphatic rings. The fourth-order valence-corrected chi connectivity index (χ4v) is 2.77. The first-order valence-electron chi connectivity index (χ1n) is 6.86. The molecule has 106 valence electrons. The molecule has 2 aromatic carbocycles. The summed E-state index contributed by atoms with van der Waals surface area (Å²) in [5.74, 6) is 0.900. The van der Waals surface area contributed by atoms with Crippen LogP contribution in [0.15, 0.2) is 75.8 Å². The molecule has 3 heteroatoms. The first kappa shape index (κ1) is 14.1. The quantitative estimate of drug-likeness (QED) is 0.720. The lowest BCUT2D eigenvalue weighted by molar-refractivity contribution is 0.447. The first-order valence-corrected chi connectivity index (χ1v) is 7.65. The third-order valence-electron chi connectivity index (χ3n) is 3.52. The van der Waals surface area contributed by atoms with Crippen molar-refractivity contribution >= 4 is 15.9 Å². The molecule has 1 N–H and O–H groups in total. The second-order valence-corrected chi connectivity index (χ2v) is 5.63. The molecule has 1 heterocycles. The summed E-state index contributed by atoms with van der Waals surface area (Å²) in [6.07, 6.45) is 0. The molecule has 0 bridgehead atoms. The van der Waals surface area contributed by atoms with E-state index in [1.54, 1.807) is 0 Å². The Kier molecular flexibility index (Phi) is 4.23. The summed E-state index contributed by atoms with van der Waals surface area (Å²) in [5.41, 5.74) is 3.62. The van der Waals surface area contributed by atoms with Crippen molar-refractivity contribution in [3.05, 3.63) is 82.7 Å². The highest BCUT2D eigenvalue weighted by atomic mass is 79.9. The minimum Gasteiger partial charge on any atom is -0.452 e. The van der Waals surface area contributed by atoms with Gasteiger partial charge >= 0.3 is 0 Å². The van der Waals surface area contributed by atoms with Crippen LogP contribution in [0.25, 0.3) is 11.1 Å². The smallest absolute Gasteiger partial charge is 0.169 e. The zero-order valence-corrected chi connectivity index (χ0v) is 13.3. The van der Waals surface area contributed by atoms with E-state index >= 15 is 0 Å². The van der Waals surface area contributed by atoms with Crippen LogP contribution in [-0.4, -0.2) is 7.05 Å². The van der Waals surface area contributed by atoms with Gasteiger partial charge in [0.25, 0.3) is 0 Å². The average molecular weight is 342 g/mol. The molecule has 0 fully saturated rings. The fraction of sp³-hybridized carbons (Fsp3) is 0.111. The van der Waals surface area contributed by atoms with E-state index in [1.807, 2.05) is 25.2 Å². The Morgan fingerprint density at radius 1 is 0.857 bits per heavy atom. The van der Waals surface area contributed by atoms with E-state index < -0.39 is 0 Å². The molecule has 21 heavy (non-hydrogen) atoms. The van der Waals surface area contributed by atoms with E-state index in [9.17, 15) is 0 Å². The second kappa shape index (κ2) is 6.29. The molecule has 0 aliphatic carbocycles. The molecule has 0 saturated heterocycles. The largest absolute Gasteiger partial charge is 0.452 e. The molecular formula is C18H16BrNO. The standard InChI is InChI=1S/C18H16BrNO/c1-20-18(16-11-12-17(19)21-16)15-9-7-14(8-10-15)13-5-3-2-4-6-13/h2-12,18,20H,1H3. The number of rotatable bonds is 4. The highest BCUT2D eigenvalue weighted by Crippen LogP contribution is 2.27. The Morgan fingerprint density at radius 2 is 1.52 bits per heavy atom. The molecule has 0 aliphatic heterocycles. The van der Waals surface area contributed by atoms with Gasteiger partial charge in [-0.25, -0.2) is 0 Å². The number of benzene rings is 2. The van der Waals surface area contributed by atoms with Gasteiger partial charge in [0.15, 0.2) is 4.67 Å². The van der Waals surface area contributed by atoms with Gasteiger partial charge in [0, 0.05) is 0 Å². The van der Waals surface area contributed by atoms with Gasteiger partial charge in [-0.15, -0.1) is 0 Å². The summed E-state index contributed by atoms with van der Waals surface area (Å²) in [6, 6.07) is 22.9. The van der Waals surface area contributed by atoms with Crippen molar-refractivity contribution in [2.45, 2.75) is 6.04 Å². The van der Waals surface area contributed by atoms with E-state index in [-0.39, 0.29) is 6.04 Å². The van der Waals surface area contributed by atoms with Gasteiger partial charge in [-0.05, 0) is 51.8 Å². The maximum atomic E-state index is 5.66. The van der Waals surface area contributed by atoms with Crippen molar-refractivity contribution < 1.29 is 4.42 Å². The number of nitrogens with one attached hydrogen (secondary N) is 1. The van der Waals surface area contributed by atoms with Gasteiger partial charge in [0.1, 0.15) is 5.76 Å². The lowest BCUT2D eigenvalue weighted by Crippen LogP contribution is -2.16. The maximum absolute atomic E-state index is 5.66. The van der Waals surface area contributed by atoms with Crippen LogP contribution in [0.4, 0.5) is 0 Å². The van der Waals surface area contributed by atoms with Gasteiger partial charge in [-0.1, -0.05) is 54.6 Å². The van der Waals surface area contributed by atoms with Crippen molar-refractivity contribution in [2.75, 3.05) is 7.05 Å². The normalized spacial score (nSPS) is 12.3. The van der Waals surface area contributed by atoms with Crippen LogP contribution in [0.2, 0.25) is 0 Å². The number of halogens is 1. The van der Waals surface area contributed by atoms with Crippen LogP contribution < -0.4 is 5.32 Å². The molecule has 0 spiro atoms. The molecule has 2 nitrogen and oxygen atoms in total. The Balaban J connectivity index is 1.89.